The average Bonchev–Trinajstić information content (AvgIpc) is 4.06. The molecule has 2 aliphatic rings. The van der Waals surface area contributed by atoms with Crippen molar-refractivity contribution < 1.29 is 71.6 Å². The second-order valence-electron chi connectivity index (χ2n) is 17.7. The molecule has 0 radical (unpaired) electrons. The minimum absolute atomic E-state index is 0. The summed E-state index contributed by atoms with van der Waals surface area (Å²) in [4.78, 5) is 60.0. The van der Waals surface area contributed by atoms with Gasteiger partial charge < -0.3 is 34.6 Å². The number of carboxylic acid groups (broad SMARTS) is 1. The number of nitrogens with zero attached hydrogens (tertiary/aromatic N) is 4. The zero-order chi connectivity index (χ0) is 50.3. The number of hydrogen-bond donors (Lipinski definition) is 1. The number of amides is 2. The molecule has 386 valence electrons. The first-order valence-electron chi connectivity index (χ1n) is 23.7. The Morgan fingerprint density at radius 1 is 0.554 bits per heavy atom. The smallest absolute Gasteiger partial charge is 0.870 e. The molecule has 2 heterocycles. The van der Waals surface area contributed by atoms with E-state index in [0.29, 0.717) is 63.7 Å². The van der Waals surface area contributed by atoms with Crippen molar-refractivity contribution >= 4 is 23.8 Å². The van der Waals surface area contributed by atoms with Crippen LogP contribution in [0.5, 0.6) is 11.5 Å². The summed E-state index contributed by atoms with van der Waals surface area (Å²) >= 11 is 0. The Kier molecular flexibility index (Phi) is 23.5. The number of rotatable bonds is 18. The number of carbonyl (C=O) groups is 4. The van der Waals surface area contributed by atoms with Gasteiger partial charge >= 0.3 is 30.8 Å². The third-order valence-corrected chi connectivity index (χ3v) is 13.2. The molecule has 0 aliphatic carbocycles. The summed E-state index contributed by atoms with van der Waals surface area (Å²) in [6.45, 7) is 2.60. The standard InChI is InChI=1S/C29H31FN2O4.C28H29FN2O4.CH4.Li.H2O/c1-31(17-18-36-25-15-13-23(30)14-16-25)24-19-26(29(34)35-2)32(20-24)28(33)27(21-9-5-3-6-10-21)22-11-7-4-8-12-22;1-30(16-17-35-24-14-12-22(29)13-15-24)23-18-25(28(33)34)31(19-23)27(32)26(20-8-4-2-5-9-20)21-10-6-3-7-11-21;;;/h3-16,24,26-27H,17-20H2,1-2H3;2-15,23,25-26H,16-19H2,1H3,(H,33,34);1H4;;1H2/q;;;+1;/p-1/t24-,26-;23-,25-;;;/m00.../s1. The largest absolute Gasteiger partial charge is 1.00 e. The molecule has 0 spiro atoms. The van der Waals surface area contributed by atoms with Crippen molar-refractivity contribution in [2.45, 2.75) is 56.3 Å². The predicted octanol–water partition coefficient (Wildman–Crippen LogP) is 5.60. The maximum Gasteiger partial charge on any atom is 1.00 e. The van der Waals surface area contributed by atoms with Crippen LogP contribution in [0.3, 0.4) is 0 Å². The second kappa shape index (κ2) is 29.1. The second-order valence-corrected chi connectivity index (χ2v) is 17.7. The van der Waals surface area contributed by atoms with Crippen LogP contribution in [0, 0.1) is 11.6 Å². The van der Waals surface area contributed by atoms with Gasteiger partial charge in [0.15, 0.2) is 0 Å². The Morgan fingerprint density at radius 3 is 1.18 bits per heavy atom. The van der Waals surface area contributed by atoms with Gasteiger partial charge in [-0.3, -0.25) is 19.4 Å². The topological polar surface area (TPSA) is 159 Å². The molecule has 74 heavy (non-hydrogen) atoms. The van der Waals surface area contributed by atoms with Crippen molar-refractivity contribution in [3.8, 4) is 11.5 Å². The van der Waals surface area contributed by atoms with Gasteiger partial charge in [-0.05, 0) is 97.7 Å². The molecular weight excluding hydrogens is 942 g/mol. The van der Waals surface area contributed by atoms with Crippen molar-refractivity contribution in [3.63, 3.8) is 0 Å². The maximum absolute atomic E-state index is 14.0. The first-order chi connectivity index (χ1) is 34.4. The zero-order valence-corrected chi connectivity index (χ0v) is 41.6. The summed E-state index contributed by atoms with van der Waals surface area (Å²) < 4.78 is 42.7. The first kappa shape index (κ1) is 59.7. The van der Waals surface area contributed by atoms with Crippen LogP contribution in [0.25, 0.3) is 0 Å². The molecular formula is C58H65F2LiN4O9. The number of ether oxygens (including phenoxy) is 3. The van der Waals surface area contributed by atoms with E-state index in [4.69, 9.17) is 14.2 Å². The van der Waals surface area contributed by atoms with E-state index in [1.165, 1.54) is 36.3 Å². The van der Waals surface area contributed by atoms with Gasteiger partial charge in [-0.1, -0.05) is 129 Å². The summed E-state index contributed by atoms with van der Waals surface area (Å²) in [5.74, 6) is -2.33. The molecule has 0 saturated carbocycles. The van der Waals surface area contributed by atoms with Crippen molar-refractivity contribution in [1.82, 2.24) is 19.6 Å². The van der Waals surface area contributed by atoms with E-state index in [0.717, 1.165) is 22.3 Å². The number of carbonyl (C=O) groups excluding carboxylic acids is 3. The van der Waals surface area contributed by atoms with Crippen LogP contribution >= 0.6 is 0 Å². The molecule has 2 saturated heterocycles. The average molecular weight is 1010 g/mol. The van der Waals surface area contributed by atoms with Crippen molar-refractivity contribution in [1.29, 1.82) is 0 Å². The normalized spacial score (nSPS) is 16.8. The van der Waals surface area contributed by atoms with Gasteiger partial charge in [0.25, 0.3) is 0 Å². The Labute approximate surface area is 445 Å². The van der Waals surface area contributed by atoms with E-state index in [1.807, 2.05) is 140 Å². The number of hydrogen-bond acceptors (Lipinski definition) is 10. The minimum atomic E-state index is -1.00. The van der Waals surface area contributed by atoms with Crippen molar-refractivity contribution in [3.05, 3.63) is 204 Å². The Balaban J connectivity index is 0.000000308. The summed E-state index contributed by atoms with van der Waals surface area (Å²) in [5.41, 5.74) is 3.42. The van der Waals surface area contributed by atoms with Gasteiger partial charge in [-0.15, -0.1) is 0 Å². The molecule has 2 aliphatic heterocycles. The fourth-order valence-electron chi connectivity index (χ4n) is 9.26. The third kappa shape index (κ3) is 15.6. The van der Waals surface area contributed by atoms with Crippen molar-refractivity contribution in [2.24, 2.45) is 0 Å². The molecule has 0 bridgehead atoms. The van der Waals surface area contributed by atoms with E-state index >= 15 is 0 Å². The van der Waals surface area contributed by atoms with Crippen LogP contribution in [-0.4, -0.2) is 139 Å². The predicted molar refractivity (Wildman–Crippen MR) is 275 cm³/mol. The molecule has 6 aromatic rings. The number of aliphatic carboxylic acids is 1. The fraction of sp³-hybridized carbons (Fsp3) is 0.310. The third-order valence-electron chi connectivity index (χ3n) is 13.2. The number of methoxy groups -OCH3 is 1. The molecule has 2 fully saturated rings. The van der Waals surface area contributed by atoms with Gasteiger partial charge in [0.05, 0.1) is 18.9 Å². The quantitative estimate of drug-likeness (QED) is 0.0845. The summed E-state index contributed by atoms with van der Waals surface area (Å²) in [5, 5.41) is 9.93. The van der Waals surface area contributed by atoms with Crippen LogP contribution in [0.1, 0.15) is 54.4 Å². The molecule has 8 rings (SSSR count). The number of carboxylic acids is 1. The molecule has 16 heteroatoms. The monoisotopic (exact) mass is 1010 g/mol. The molecule has 0 unspecified atom stereocenters. The maximum atomic E-state index is 14.0. The fourth-order valence-corrected chi connectivity index (χ4v) is 9.26. The Morgan fingerprint density at radius 2 is 0.865 bits per heavy atom. The van der Waals surface area contributed by atoms with E-state index in [9.17, 15) is 33.1 Å². The number of halogens is 2. The van der Waals surface area contributed by atoms with E-state index in [2.05, 4.69) is 4.90 Å². The Hall–Kier alpha value is -6.86. The summed E-state index contributed by atoms with van der Waals surface area (Å²) in [6, 6.07) is 48.2. The number of likely N-dealkylation sites (tertiary alicyclic amines) is 2. The minimum Gasteiger partial charge on any atom is -0.870 e. The van der Waals surface area contributed by atoms with Crippen LogP contribution < -0.4 is 28.3 Å². The number of esters is 1. The van der Waals surface area contributed by atoms with E-state index in [1.54, 1.807) is 29.2 Å². The molecule has 0 aromatic heterocycles. The molecule has 2 N–H and O–H groups in total. The zero-order valence-electron chi connectivity index (χ0n) is 41.6. The molecule has 6 aromatic carbocycles. The summed E-state index contributed by atoms with van der Waals surface area (Å²) in [6.07, 6.45) is 0.812. The van der Waals surface area contributed by atoms with Crippen LogP contribution in [0.15, 0.2) is 170 Å². The van der Waals surface area contributed by atoms with Crippen LogP contribution in [-0.2, 0) is 23.9 Å². The van der Waals surface area contributed by atoms with Gasteiger partial charge in [-0.25, -0.2) is 18.4 Å². The van der Waals surface area contributed by atoms with Gasteiger partial charge in [0.1, 0.15) is 48.4 Å². The SMILES string of the molecule is C.CN(CCOc1ccc(F)cc1)[C@H]1C[C@@H](C(=O)O)N(C(=O)C(c2ccccc2)c2ccccc2)C1.COC(=O)[C@@H]1C[C@H](N(C)CCOc2ccc(F)cc2)CN1C(=O)C(c1ccccc1)c1ccccc1.[Li+].[OH-]. The van der Waals surface area contributed by atoms with Crippen LogP contribution in [0.4, 0.5) is 8.78 Å². The van der Waals surface area contributed by atoms with Gasteiger partial charge in [0.2, 0.25) is 11.8 Å². The molecule has 13 nitrogen and oxygen atoms in total. The van der Waals surface area contributed by atoms with Crippen molar-refractivity contribution in [2.75, 3.05) is 60.6 Å². The summed E-state index contributed by atoms with van der Waals surface area (Å²) in [7, 11) is 5.20. The van der Waals surface area contributed by atoms with Gasteiger partial charge in [0, 0.05) is 38.3 Å². The Bertz CT molecular complexity index is 2560. The molecule has 4 atom stereocenters. The number of benzene rings is 6. The number of likely N-dealkylation sites (N-methyl/N-ethyl adjacent to an activating group) is 2. The van der Waals surface area contributed by atoms with E-state index < -0.39 is 35.9 Å². The van der Waals surface area contributed by atoms with E-state index in [-0.39, 0.29) is 67.3 Å². The van der Waals surface area contributed by atoms with Crippen LogP contribution in [0.2, 0.25) is 0 Å². The molecule has 2 amide bonds. The van der Waals surface area contributed by atoms with Gasteiger partial charge in [-0.2, -0.15) is 0 Å². The first-order valence-corrected chi connectivity index (χ1v) is 23.7.